The summed E-state index contributed by atoms with van der Waals surface area (Å²) < 4.78 is 19.1. The summed E-state index contributed by atoms with van der Waals surface area (Å²) in [5.41, 5.74) is 3.04. The van der Waals surface area contributed by atoms with Crippen LogP contribution in [0.3, 0.4) is 0 Å². The first-order chi connectivity index (χ1) is 20.9. The average molecular weight is 592 g/mol. The zero-order valence-corrected chi connectivity index (χ0v) is 25.4. The first-order valence-corrected chi connectivity index (χ1v) is 15.9. The van der Waals surface area contributed by atoms with Crippen LogP contribution in [0.2, 0.25) is 0 Å². The number of piperazine rings is 1. The Hall–Kier alpha value is -3.59. The summed E-state index contributed by atoms with van der Waals surface area (Å²) in [4.78, 5) is 31.4. The Labute approximate surface area is 255 Å². The average Bonchev–Trinajstić information content (AvgIpc) is 3.04. The number of nitrogens with one attached hydrogen (secondary N) is 3. The SMILES string of the molecule is CN1CCN(c2ccc(C(=O)NC3(C(=O)NCCNC4=CC=C(OCC5=CC=C(F)CC5)CC4)CCCCC3)cc2)CC1. The van der Waals surface area contributed by atoms with Crippen LogP contribution in [-0.2, 0) is 9.53 Å². The van der Waals surface area contributed by atoms with Crippen molar-refractivity contribution in [2.45, 2.75) is 63.3 Å². The number of carbonyl (C=O) groups excluding carboxylic acids is 2. The molecule has 1 aliphatic heterocycles. The maximum atomic E-state index is 13.5. The predicted molar refractivity (Wildman–Crippen MR) is 168 cm³/mol. The molecule has 2 fully saturated rings. The van der Waals surface area contributed by atoms with Gasteiger partial charge < -0.3 is 30.5 Å². The van der Waals surface area contributed by atoms with E-state index >= 15 is 0 Å². The summed E-state index contributed by atoms with van der Waals surface area (Å²) in [6.07, 6.45) is 14.4. The predicted octanol–water partition coefficient (Wildman–Crippen LogP) is 4.73. The maximum Gasteiger partial charge on any atom is 0.252 e. The Morgan fingerprint density at radius 1 is 0.884 bits per heavy atom. The minimum Gasteiger partial charge on any atom is -0.494 e. The molecule has 1 aromatic carbocycles. The van der Waals surface area contributed by atoms with Crippen LogP contribution in [0, 0.1) is 0 Å². The molecule has 1 saturated carbocycles. The molecular weight excluding hydrogens is 545 g/mol. The maximum absolute atomic E-state index is 13.5. The first kappa shape index (κ1) is 30.9. The molecule has 3 aliphatic carbocycles. The van der Waals surface area contributed by atoms with Gasteiger partial charge in [0.05, 0.1) is 5.76 Å². The molecule has 232 valence electrons. The minimum atomic E-state index is -0.875. The van der Waals surface area contributed by atoms with Crippen LogP contribution in [0.15, 0.2) is 71.4 Å². The fourth-order valence-electron chi connectivity index (χ4n) is 6.16. The van der Waals surface area contributed by atoms with Gasteiger partial charge in [-0.15, -0.1) is 0 Å². The van der Waals surface area contributed by atoms with Gasteiger partial charge in [-0.25, -0.2) is 4.39 Å². The highest BCUT2D eigenvalue weighted by atomic mass is 19.1. The molecule has 1 aromatic rings. The number of amides is 2. The van der Waals surface area contributed by atoms with Gasteiger partial charge in [-0.2, -0.15) is 0 Å². The molecule has 0 aromatic heterocycles. The normalized spacial score (nSPS) is 20.7. The fraction of sp³-hybridized carbons (Fsp3) is 0.529. The number of hydrogen-bond acceptors (Lipinski definition) is 6. The molecule has 8 nitrogen and oxygen atoms in total. The summed E-state index contributed by atoms with van der Waals surface area (Å²) in [7, 11) is 2.14. The second kappa shape index (κ2) is 14.7. The van der Waals surface area contributed by atoms with E-state index in [2.05, 4.69) is 32.8 Å². The molecule has 3 N–H and O–H groups in total. The monoisotopic (exact) mass is 591 g/mol. The van der Waals surface area contributed by atoms with Crippen molar-refractivity contribution in [1.29, 1.82) is 0 Å². The summed E-state index contributed by atoms with van der Waals surface area (Å²) in [6.45, 7) is 5.58. The topological polar surface area (TPSA) is 85.9 Å². The molecular formula is C34H46FN5O3. The van der Waals surface area contributed by atoms with E-state index in [4.69, 9.17) is 4.74 Å². The van der Waals surface area contributed by atoms with Crippen molar-refractivity contribution in [3.63, 3.8) is 0 Å². The largest absolute Gasteiger partial charge is 0.494 e. The molecule has 2 amide bonds. The number of rotatable bonds is 11. The lowest BCUT2D eigenvalue weighted by Crippen LogP contribution is -2.60. The third-order valence-electron chi connectivity index (χ3n) is 8.99. The molecule has 0 unspecified atom stereocenters. The molecule has 5 rings (SSSR count). The van der Waals surface area contributed by atoms with Gasteiger partial charge in [-0.3, -0.25) is 9.59 Å². The van der Waals surface area contributed by atoms with Gasteiger partial charge in [0.15, 0.2) is 0 Å². The van der Waals surface area contributed by atoms with Crippen molar-refractivity contribution in [1.82, 2.24) is 20.9 Å². The molecule has 0 radical (unpaired) electrons. The van der Waals surface area contributed by atoms with Gasteiger partial charge in [-0.1, -0.05) is 25.3 Å². The number of allylic oxidation sites excluding steroid dienone is 7. The summed E-state index contributed by atoms with van der Waals surface area (Å²) in [5, 5.41) is 9.63. The van der Waals surface area contributed by atoms with Crippen molar-refractivity contribution in [3.8, 4) is 0 Å². The van der Waals surface area contributed by atoms with Gasteiger partial charge in [-0.05, 0) is 80.8 Å². The lowest BCUT2D eigenvalue weighted by Gasteiger charge is -2.37. The van der Waals surface area contributed by atoms with Gasteiger partial charge in [0.1, 0.15) is 18.0 Å². The van der Waals surface area contributed by atoms with Crippen LogP contribution in [0.25, 0.3) is 0 Å². The first-order valence-electron chi connectivity index (χ1n) is 15.9. The number of anilines is 1. The fourth-order valence-corrected chi connectivity index (χ4v) is 6.16. The highest BCUT2D eigenvalue weighted by molar-refractivity contribution is 5.99. The van der Waals surface area contributed by atoms with Gasteiger partial charge in [0.2, 0.25) is 5.91 Å². The van der Waals surface area contributed by atoms with E-state index in [1.165, 1.54) is 6.08 Å². The van der Waals surface area contributed by atoms with Crippen molar-refractivity contribution in [2.75, 3.05) is 57.8 Å². The Balaban J connectivity index is 1.08. The summed E-state index contributed by atoms with van der Waals surface area (Å²) in [6, 6.07) is 7.77. The molecule has 0 bridgehead atoms. The summed E-state index contributed by atoms with van der Waals surface area (Å²) in [5.74, 6) is 0.562. The second-order valence-corrected chi connectivity index (χ2v) is 12.2. The van der Waals surface area contributed by atoms with Crippen molar-refractivity contribution in [3.05, 3.63) is 77.0 Å². The Bertz CT molecular complexity index is 1260. The van der Waals surface area contributed by atoms with Crippen LogP contribution in [0.4, 0.5) is 10.1 Å². The van der Waals surface area contributed by atoms with Gasteiger partial charge >= 0.3 is 0 Å². The number of carbonyl (C=O) groups is 2. The number of ether oxygens (including phenoxy) is 1. The molecule has 0 spiro atoms. The molecule has 9 heteroatoms. The number of benzene rings is 1. The van der Waals surface area contributed by atoms with Crippen LogP contribution in [0.1, 0.15) is 68.1 Å². The lowest BCUT2D eigenvalue weighted by molar-refractivity contribution is -0.128. The highest BCUT2D eigenvalue weighted by Crippen LogP contribution is 2.29. The standard InChI is InChI=1S/C34H46FN5O3/c1-39-21-23-40(24-22-39)30-13-7-27(8-14-30)32(41)38-34(17-3-2-4-18-34)33(42)37-20-19-36-29-11-15-31(16-12-29)43-25-26-5-9-28(35)10-6-26/h5,7-9,11,13-15,36H,2-4,6,10,12,16-25H2,1H3,(H,37,42)(H,38,41). The number of likely N-dealkylation sites (N-methyl/N-ethyl adjacent to an activating group) is 1. The lowest BCUT2D eigenvalue weighted by atomic mass is 9.80. The Morgan fingerprint density at radius 3 is 2.33 bits per heavy atom. The number of halogens is 1. The molecule has 43 heavy (non-hydrogen) atoms. The second-order valence-electron chi connectivity index (χ2n) is 12.2. The van der Waals surface area contributed by atoms with E-state index in [9.17, 15) is 14.0 Å². The van der Waals surface area contributed by atoms with E-state index in [0.717, 1.165) is 81.0 Å². The molecule has 0 atom stereocenters. The quantitative estimate of drug-likeness (QED) is 0.323. The summed E-state index contributed by atoms with van der Waals surface area (Å²) >= 11 is 0. The van der Waals surface area contributed by atoms with E-state index in [1.807, 2.05) is 42.5 Å². The van der Waals surface area contributed by atoms with Crippen LogP contribution in [-0.4, -0.2) is 75.2 Å². The van der Waals surface area contributed by atoms with Crippen LogP contribution in [0.5, 0.6) is 0 Å². The van der Waals surface area contributed by atoms with Crippen LogP contribution < -0.4 is 20.9 Å². The van der Waals surface area contributed by atoms with E-state index < -0.39 is 5.54 Å². The molecule has 4 aliphatic rings. The third kappa shape index (κ3) is 8.50. The van der Waals surface area contributed by atoms with Gasteiger partial charge in [0.25, 0.3) is 5.91 Å². The number of nitrogens with zero attached hydrogens (tertiary/aromatic N) is 2. The zero-order chi connectivity index (χ0) is 30.1. The highest BCUT2D eigenvalue weighted by Gasteiger charge is 2.40. The van der Waals surface area contributed by atoms with E-state index in [0.29, 0.717) is 50.9 Å². The number of hydrogen-bond donors (Lipinski definition) is 3. The molecule has 1 heterocycles. The van der Waals surface area contributed by atoms with Crippen LogP contribution >= 0.6 is 0 Å². The van der Waals surface area contributed by atoms with Crippen molar-refractivity contribution < 1.29 is 18.7 Å². The van der Waals surface area contributed by atoms with Crippen molar-refractivity contribution in [2.24, 2.45) is 0 Å². The minimum absolute atomic E-state index is 0.0726. The molecule has 1 saturated heterocycles. The van der Waals surface area contributed by atoms with Crippen molar-refractivity contribution >= 4 is 17.5 Å². The zero-order valence-electron chi connectivity index (χ0n) is 25.4. The van der Waals surface area contributed by atoms with E-state index in [1.54, 1.807) is 0 Å². The Morgan fingerprint density at radius 2 is 1.65 bits per heavy atom. The van der Waals surface area contributed by atoms with Gasteiger partial charge in [0, 0.05) is 69.1 Å². The Kier molecular flexibility index (Phi) is 10.6. The smallest absolute Gasteiger partial charge is 0.252 e. The third-order valence-corrected chi connectivity index (χ3v) is 8.99. The van der Waals surface area contributed by atoms with E-state index in [-0.39, 0.29) is 17.6 Å².